The molecule has 3 saturated heterocycles. The Labute approximate surface area is 293 Å². The highest BCUT2D eigenvalue weighted by molar-refractivity contribution is 7.17. The number of fused-ring (bicyclic) bond motifs is 3. The highest BCUT2D eigenvalue weighted by Crippen LogP contribution is 2.41. The fraction of sp³-hybridized carbons (Fsp3) is 0.371. The van der Waals surface area contributed by atoms with Crippen molar-refractivity contribution in [3.63, 3.8) is 0 Å². The van der Waals surface area contributed by atoms with Gasteiger partial charge < -0.3 is 14.5 Å². The fourth-order valence-corrected chi connectivity index (χ4v) is 9.03. The molecule has 0 saturated carbocycles. The number of thiophene rings is 1. The molecule has 10 nitrogen and oxygen atoms in total. The van der Waals surface area contributed by atoms with Gasteiger partial charge in [0.1, 0.15) is 34.8 Å². The van der Waals surface area contributed by atoms with E-state index >= 15 is 8.78 Å². The number of aromatic nitrogens is 4. The van der Waals surface area contributed by atoms with E-state index in [4.69, 9.17) is 9.72 Å². The van der Waals surface area contributed by atoms with Gasteiger partial charge in [0.25, 0.3) is 5.91 Å². The van der Waals surface area contributed by atoms with Crippen molar-refractivity contribution >= 4 is 61.5 Å². The molecule has 0 radical (unpaired) electrons. The second-order valence-electron chi connectivity index (χ2n) is 12.8. The number of hydrogen-bond donors (Lipinski definition) is 0. The molecule has 0 spiro atoms. The number of ether oxygens (including phenoxy) is 1. The molecule has 5 aromatic rings. The third kappa shape index (κ3) is 5.84. The maximum Gasteiger partial charge on any atom is 0.319 e. The number of benzene rings is 1. The first-order valence-electron chi connectivity index (χ1n) is 16.4. The highest BCUT2D eigenvalue weighted by Gasteiger charge is 2.49. The molecule has 3 fully saturated rings. The van der Waals surface area contributed by atoms with E-state index < -0.39 is 35.3 Å². The van der Waals surface area contributed by atoms with E-state index in [1.54, 1.807) is 5.38 Å². The summed E-state index contributed by atoms with van der Waals surface area (Å²) in [5.41, 5.74) is 0.313. The van der Waals surface area contributed by atoms with Crippen molar-refractivity contribution in [2.24, 2.45) is 0 Å². The average Bonchev–Trinajstić information content (AvgIpc) is 3.92. The molecule has 15 heteroatoms. The monoisotopic (exact) mass is 716 g/mol. The molecule has 0 aliphatic carbocycles. The summed E-state index contributed by atoms with van der Waals surface area (Å²) in [5, 5.41) is 14.8. The molecular weight excluding hydrogens is 686 g/mol. The van der Waals surface area contributed by atoms with Crippen LogP contribution in [0.25, 0.3) is 38.3 Å². The summed E-state index contributed by atoms with van der Waals surface area (Å²) in [6.07, 6.45) is 5.19. The number of carbonyl (C=O) groups excluding carboxylic acids is 1. The van der Waals surface area contributed by atoms with Crippen molar-refractivity contribution in [2.45, 2.75) is 43.4 Å². The summed E-state index contributed by atoms with van der Waals surface area (Å²) in [4.78, 5) is 36.4. The van der Waals surface area contributed by atoms with Crippen molar-refractivity contribution in [3.8, 4) is 23.3 Å². The van der Waals surface area contributed by atoms with Gasteiger partial charge in [0, 0.05) is 77.5 Å². The summed E-state index contributed by atoms with van der Waals surface area (Å²) >= 11 is 2.70. The van der Waals surface area contributed by atoms with Gasteiger partial charge in [0.15, 0.2) is 11.6 Å². The zero-order chi connectivity index (χ0) is 34.4. The lowest BCUT2D eigenvalue weighted by molar-refractivity contribution is -0.131. The minimum atomic E-state index is -0.970. The van der Waals surface area contributed by atoms with Crippen molar-refractivity contribution < 1.29 is 22.7 Å². The Balaban J connectivity index is 1.16. The van der Waals surface area contributed by atoms with E-state index in [1.807, 2.05) is 34.5 Å². The molecule has 8 rings (SSSR count). The Kier molecular flexibility index (Phi) is 8.62. The maximum absolute atomic E-state index is 16.7. The average molecular weight is 717 g/mol. The van der Waals surface area contributed by atoms with E-state index in [0.29, 0.717) is 34.7 Å². The minimum Gasteiger partial charge on any atom is -0.461 e. The third-order valence-corrected chi connectivity index (χ3v) is 11.6. The van der Waals surface area contributed by atoms with Crippen LogP contribution in [0, 0.1) is 17.1 Å². The quantitative estimate of drug-likeness (QED) is 0.169. The minimum absolute atomic E-state index is 0.00798. The standard InChI is InChI=1S/C35H31F3N8O2S2/c36-21-15-35(7-3-10-45(35)17-21)20-48-34-42-31-24(16-41-30(29(31)38)25-19-50-27-5-2-1-4-23(25)27)32(43-34)44-11-12-46(22(18-44)6-8-39)33(47)26(37)14-28-40-9-13-49-28/h1-2,4-5,9,13-14,16,19,21-22H,3,6-7,10-12,15,17-18,20H2/b26-14-/t21-,22+,35+/m1/s1. The largest absolute Gasteiger partial charge is 0.461 e. The molecule has 1 amide bonds. The summed E-state index contributed by atoms with van der Waals surface area (Å²) < 4.78 is 53.5. The SMILES string of the molecule is N#CC[C@H]1CN(c2nc(OC[C@@]34CCCN3C[C@H](F)C4)nc3c(F)c(-c4csc5ccccc45)ncc23)CCN1C(=O)/C(F)=C/c1nccs1. The highest BCUT2D eigenvalue weighted by atomic mass is 32.1. The predicted molar refractivity (Wildman–Crippen MR) is 186 cm³/mol. The Bertz CT molecular complexity index is 2150. The van der Waals surface area contributed by atoms with Gasteiger partial charge in [0.05, 0.1) is 29.5 Å². The van der Waals surface area contributed by atoms with Crippen LogP contribution in [-0.4, -0.2) is 92.7 Å². The van der Waals surface area contributed by atoms with Crippen LogP contribution in [0.4, 0.5) is 19.0 Å². The van der Waals surface area contributed by atoms with Crippen LogP contribution in [0.1, 0.15) is 30.7 Å². The van der Waals surface area contributed by atoms with Gasteiger partial charge in [-0.25, -0.2) is 18.2 Å². The number of piperazine rings is 1. The van der Waals surface area contributed by atoms with Crippen LogP contribution in [0.15, 0.2) is 53.2 Å². The van der Waals surface area contributed by atoms with Crippen LogP contribution >= 0.6 is 22.7 Å². The number of carbonyl (C=O) groups is 1. The van der Waals surface area contributed by atoms with Crippen LogP contribution in [-0.2, 0) is 4.79 Å². The van der Waals surface area contributed by atoms with E-state index in [-0.39, 0.29) is 49.9 Å². The van der Waals surface area contributed by atoms with Crippen LogP contribution in [0.3, 0.4) is 0 Å². The molecule has 3 aliphatic heterocycles. The normalized spacial score (nSPS) is 22.7. The van der Waals surface area contributed by atoms with E-state index in [9.17, 15) is 14.4 Å². The zero-order valence-corrected chi connectivity index (χ0v) is 28.4. The first-order chi connectivity index (χ1) is 24.3. The number of nitrogens with zero attached hydrogens (tertiary/aromatic N) is 8. The molecule has 3 atom stereocenters. The second kappa shape index (κ2) is 13.2. The van der Waals surface area contributed by atoms with Gasteiger partial charge in [-0.3, -0.25) is 14.7 Å². The Morgan fingerprint density at radius 3 is 2.86 bits per heavy atom. The van der Waals surface area contributed by atoms with Crippen molar-refractivity contribution in [1.82, 2.24) is 29.7 Å². The molecule has 50 heavy (non-hydrogen) atoms. The molecule has 256 valence electrons. The molecule has 7 heterocycles. The summed E-state index contributed by atoms with van der Waals surface area (Å²) in [5.74, 6) is -2.12. The van der Waals surface area contributed by atoms with Gasteiger partial charge in [-0.15, -0.1) is 22.7 Å². The predicted octanol–water partition coefficient (Wildman–Crippen LogP) is 6.40. The second-order valence-corrected chi connectivity index (χ2v) is 14.7. The van der Waals surface area contributed by atoms with Crippen molar-refractivity contribution in [3.05, 3.63) is 64.1 Å². The zero-order valence-electron chi connectivity index (χ0n) is 26.8. The van der Waals surface area contributed by atoms with Crippen molar-refractivity contribution in [1.29, 1.82) is 5.26 Å². The van der Waals surface area contributed by atoms with Gasteiger partial charge in [-0.05, 0) is 25.5 Å². The molecule has 3 aliphatic rings. The first-order valence-corrected chi connectivity index (χ1v) is 18.1. The van der Waals surface area contributed by atoms with Gasteiger partial charge in [-0.2, -0.15) is 15.2 Å². The number of alkyl halides is 1. The fourth-order valence-electron chi connectivity index (χ4n) is 7.53. The van der Waals surface area contributed by atoms with Crippen molar-refractivity contribution in [2.75, 3.05) is 44.2 Å². The number of hydrogen-bond acceptors (Lipinski definition) is 11. The molecular formula is C35H31F3N8O2S2. The summed E-state index contributed by atoms with van der Waals surface area (Å²) in [6, 6.07) is 9.07. The Hall–Kier alpha value is -4.65. The topological polar surface area (TPSA) is 111 Å². The summed E-state index contributed by atoms with van der Waals surface area (Å²) in [7, 11) is 0. The van der Waals surface area contributed by atoms with Gasteiger partial charge in [0.2, 0.25) is 0 Å². The number of thiazole rings is 1. The maximum atomic E-state index is 16.7. The van der Waals surface area contributed by atoms with Crippen LogP contribution < -0.4 is 9.64 Å². The molecule has 4 aromatic heterocycles. The molecule has 1 aromatic carbocycles. The lowest BCUT2D eigenvalue weighted by Crippen LogP contribution is -2.55. The lowest BCUT2D eigenvalue weighted by atomic mass is 9.95. The number of halogens is 3. The molecule has 0 N–H and O–H groups in total. The lowest BCUT2D eigenvalue weighted by Gasteiger charge is -2.41. The van der Waals surface area contributed by atoms with Gasteiger partial charge >= 0.3 is 6.01 Å². The van der Waals surface area contributed by atoms with Gasteiger partial charge in [-0.1, -0.05) is 18.2 Å². The Morgan fingerprint density at radius 2 is 2.02 bits per heavy atom. The van der Waals surface area contributed by atoms with Crippen LogP contribution in [0.2, 0.25) is 0 Å². The third-order valence-electron chi connectivity index (χ3n) is 9.89. The molecule has 0 unspecified atom stereocenters. The Morgan fingerprint density at radius 1 is 1.14 bits per heavy atom. The number of pyridine rings is 1. The number of amides is 1. The summed E-state index contributed by atoms with van der Waals surface area (Å²) in [6.45, 7) is 1.70. The van der Waals surface area contributed by atoms with Crippen LogP contribution in [0.5, 0.6) is 6.01 Å². The molecule has 0 bridgehead atoms. The van der Waals surface area contributed by atoms with E-state index in [1.165, 1.54) is 40.0 Å². The van der Waals surface area contributed by atoms with E-state index in [0.717, 1.165) is 35.5 Å². The number of anilines is 1. The first kappa shape index (κ1) is 32.5. The number of rotatable bonds is 8. The number of nitriles is 1. The smallest absolute Gasteiger partial charge is 0.319 e. The van der Waals surface area contributed by atoms with E-state index in [2.05, 4.69) is 25.9 Å².